The first-order valence-corrected chi connectivity index (χ1v) is 10.0. The number of ether oxygens (including phenoxy) is 1. The standard InChI is InChI=1S/C23H17N7O2/c1-31-18-9-5-8-16-19(18)20(23-24-11-12-29(23)14-15-6-3-2-4-7-15)27-30-21(16)25-26-22(30)17-10-13-32-28-17/h2-13H,14H2,1H3. The van der Waals surface area contributed by atoms with Crippen LogP contribution in [0.5, 0.6) is 5.75 Å². The lowest BCUT2D eigenvalue weighted by Gasteiger charge is -2.13. The average Bonchev–Trinajstić information content (AvgIpc) is 3.59. The van der Waals surface area contributed by atoms with Crippen LogP contribution in [0, 0.1) is 0 Å². The van der Waals surface area contributed by atoms with Crippen LogP contribution >= 0.6 is 0 Å². The second-order valence-electron chi connectivity index (χ2n) is 7.24. The Morgan fingerprint density at radius 3 is 2.69 bits per heavy atom. The summed E-state index contributed by atoms with van der Waals surface area (Å²) < 4.78 is 14.4. The minimum Gasteiger partial charge on any atom is -0.496 e. The zero-order valence-electron chi connectivity index (χ0n) is 17.1. The van der Waals surface area contributed by atoms with Crippen LogP contribution in [0.3, 0.4) is 0 Å². The SMILES string of the molecule is COc1cccc2c1c(-c1nccn1Cc1ccccc1)nn1c(-c3ccon3)nnc21. The molecule has 0 aliphatic rings. The fraction of sp³-hybridized carbons (Fsp3) is 0.0870. The van der Waals surface area contributed by atoms with Crippen LogP contribution in [0.1, 0.15) is 5.56 Å². The molecule has 9 nitrogen and oxygen atoms in total. The van der Waals surface area contributed by atoms with Crippen LogP contribution in [0.2, 0.25) is 0 Å². The lowest BCUT2D eigenvalue weighted by Crippen LogP contribution is -2.06. The third-order valence-electron chi connectivity index (χ3n) is 5.35. The molecule has 0 saturated carbocycles. The maximum absolute atomic E-state index is 5.69. The van der Waals surface area contributed by atoms with Crippen molar-refractivity contribution in [2.24, 2.45) is 0 Å². The van der Waals surface area contributed by atoms with Gasteiger partial charge in [0, 0.05) is 30.4 Å². The number of hydrogen-bond donors (Lipinski definition) is 0. The molecule has 156 valence electrons. The molecule has 0 unspecified atom stereocenters. The summed E-state index contributed by atoms with van der Waals surface area (Å²) in [5.74, 6) is 1.89. The van der Waals surface area contributed by atoms with Crippen LogP contribution in [-0.2, 0) is 6.54 Å². The van der Waals surface area contributed by atoms with E-state index >= 15 is 0 Å². The van der Waals surface area contributed by atoms with Crippen molar-refractivity contribution in [3.63, 3.8) is 0 Å². The smallest absolute Gasteiger partial charge is 0.207 e. The Morgan fingerprint density at radius 2 is 1.88 bits per heavy atom. The Labute approximate surface area is 181 Å². The molecule has 4 aromatic heterocycles. The highest BCUT2D eigenvalue weighted by atomic mass is 16.5. The molecule has 9 heteroatoms. The number of fused-ring (bicyclic) bond motifs is 3. The van der Waals surface area contributed by atoms with Gasteiger partial charge in [0.15, 0.2) is 17.2 Å². The van der Waals surface area contributed by atoms with Gasteiger partial charge >= 0.3 is 0 Å². The Kier molecular flexibility index (Phi) is 4.17. The van der Waals surface area contributed by atoms with Gasteiger partial charge in [-0.05, 0) is 11.6 Å². The van der Waals surface area contributed by atoms with Gasteiger partial charge < -0.3 is 13.8 Å². The van der Waals surface area contributed by atoms with Crippen LogP contribution in [0.4, 0.5) is 0 Å². The molecular formula is C23H17N7O2. The third kappa shape index (κ3) is 2.83. The molecule has 0 bridgehead atoms. The molecule has 0 saturated heterocycles. The predicted octanol–water partition coefficient (Wildman–Crippen LogP) is 3.85. The van der Waals surface area contributed by atoms with E-state index in [9.17, 15) is 0 Å². The normalized spacial score (nSPS) is 11.4. The second-order valence-corrected chi connectivity index (χ2v) is 7.24. The van der Waals surface area contributed by atoms with E-state index in [4.69, 9.17) is 14.4 Å². The van der Waals surface area contributed by atoms with Crippen LogP contribution in [0.25, 0.3) is 39.5 Å². The fourth-order valence-corrected chi connectivity index (χ4v) is 3.90. The molecule has 2 aromatic carbocycles. The van der Waals surface area contributed by atoms with Crippen molar-refractivity contribution in [3.05, 3.63) is 78.8 Å². The van der Waals surface area contributed by atoms with Gasteiger partial charge in [0.1, 0.15) is 17.7 Å². The number of imidazole rings is 1. The van der Waals surface area contributed by atoms with Gasteiger partial charge in [0.25, 0.3) is 0 Å². The third-order valence-corrected chi connectivity index (χ3v) is 5.35. The van der Waals surface area contributed by atoms with Gasteiger partial charge in [0.05, 0.1) is 12.5 Å². The molecular weight excluding hydrogens is 406 g/mol. The van der Waals surface area contributed by atoms with E-state index in [1.165, 1.54) is 6.26 Å². The zero-order chi connectivity index (χ0) is 21.5. The molecule has 0 aliphatic heterocycles. The summed E-state index contributed by atoms with van der Waals surface area (Å²) in [6.07, 6.45) is 5.21. The van der Waals surface area contributed by atoms with E-state index in [0.717, 1.165) is 16.3 Å². The van der Waals surface area contributed by atoms with E-state index < -0.39 is 0 Å². The van der Waals surface area contributed by atoms with Crippen molar-refractivity contribution in [1.29, 1.82) is 0 Å². The summed E-state index contributed by atoms with van der Waals surface area (Å²) in [6, 6.07) is 17.8. The molecule has 6 aromatic rings. The van der Waals surface area contributed by atoms with Crippen LogP contribution in [-0.4, -0.2) is 41.6 Å². The maximum Gasteiger partial charge on any atom is 0.207 e. The highest BCUT2D eigenvalue weighted by Crippen LogP contribution is 2.36. The van der Waals surface area contributed by atoms with Crippen molar-refractivity contribution >= 4 is 16.4 Å². The van der Waals surface area contributed by atoms with Gasteiger partial charge in [-0.15, -0.1) is 10.2 Å². The van der Waals surface area contributed by atoms with Crippen LogP contribution in [0.15, 0.2) is 77.8 Å². The first-order valence-electron chi connectivity index (χ1n) is 10.0. The first kappa shape index (κ1) is 18.3. The molecule has 6 rings (SSSR count). The van der Waals surface area contributed by atoms with Crippen molar-refractivity contribution in [3.8, 4) is 28.8 Å². The monoisotopic (exact) mass is 423 g/mol. The number of hydrogen-bond acceptors (Lipinski definition) is 7. The lowest BCUT2D eigenvalue weighted by molar-refractivity contribution is 0.419. The van der Waals surface area contributed by atoms with Crippen molar-refractivity contribution < 1.29 is 9.26 Å². The Hall–Kier alpha value is -4.53. The average molecular weight is 423 g/mol. The fourth-order valence-electron chi connectivity index (χ4n) is 3.90. The Morgan fingerprint density at radius 1 is 0.969 bits per heavy atom. The molecule has 0 fully saturated rings. The molecule has 4 heterocycles. The lowest BCUT2D eigenvalue weighted by atomic mass is 10.1. The number of nitrogens with zero attached hydrogens (tertiary/aromatic N) is 7. The zero-order valence-corrected chi connectivity index (χ0v) is 17.1. The number of benzene rings is 2. The molecule has 0 radical (unpaired) electrons. The van der Waals surface area contributed by atoms with E-state index in [1.807, 2.05) is 42.6 Å². The molecule has 0 amide bonds. The van der Waals surface area contributed by atoms with E-state index in [2.05, 4.69) is 37.0 Å². The van der Waals surface area contributed by atoms with Crippen molar-refractivity contribution in [2.75, 3.05) is 7.11 Å². The molecule has 0 atom stereocenters. The molecule has 32 heavy (non-hydrogen) atoms. The highest BCUT2D eigenvalue weighted by Gasteiger charge is 2.22. The van der Waals surface area contributed by atoms with Gasteiger partial charge in [-0.1, -0.05) is 47.6 Å². The summed E-state index contributed by atoms with van der Waals surface area (Å²) in [6.45, 7) is 0.658. The largest absolute Gasteiger partial charge is 0.496 e. The van der Waals surface area contributed by atoms with E-state index in [0.29, 0.717) is 41.0 Å². The first-order chi connectivity index (χ1) is 15.8. The number of rotatable bonds is 5. The van der Waals surface area contributed by atoms with Gasteiger partial charge in [-0.3, -0.25) is 0 Å². The molecule has 0 N–H and O–H groups in total. The Balaban J connectivity index is 1.64. The van der Waals surface area contributed by atoms with Crippen molar-refractivity contribution in [1.82, 2.24) is 34.5 Å². The summed E-state index contributed by atoms with van der Waals surface area (Å²) in [5, 5.41) is 19.3. The Bertz CT molecular complexity index is 1540. The molecule has 0 aliphatic carbocycles. The van der Waals surface area contributed by atoms with Gasteiger partial charge in [0.2, 0.25) is 5.82 Å². The minimum absolute atomic E-state index is 0.487. The van der Waals surface area contributed by atoms with E-state index in [-0.39, 0.29) is 0 Å². The summed E-state index contributed by atoms with van der Waals surface area (Å²) in [4.78, 5) is 4.65. The number of aromatic nitrogens is 7. The summed E-state index contributed by atoms with van der Waals surface area (Å²) in [7, 11) is 1.64. The van der Waals surface area contributed by atoms with Crippen LogP contribution < -0.4 is 4.74 Å². The second kappa shape index (κ2) is 7.31. The predicted molar refractivity (Wildman–Crippen MR) is 117 cm³/mol. The van der Waals surface area contributed by atoms with Crippen molar-refractivity contribution in [2.45, 2.75) is 6.54 Å². The summed E-state index contributed by atoms with van der Waals surface area (Å²) >= 11 is 0. The minimum atomic E-state index is 0.487. The quantitative estimate of drug-likeness (QED) is 0.415. The highest BCUT2D eigenvalue weighted by molar-refractivity contribution is 6.04. The maximum atomic E-state index is 5.69. The summed E-state index contributed by atoms with van der Waals surface area (Å²) in [5.41, 5.74) is 2.97. The molecule has 0 spiro atoms. The van der Waals surface area contributed by atoms with E-state index in [1.54, 1.807) is 23.9 Å². The van der Waals surface area contributed by atoms with Gasteiger partial charge in [-0.25, -0.2) is 4.98 Å². The topological polar surface area (TPSA) is 96.2 Å². The van der Waals surface area contributed by atoms with Gasteiger partial charge in [-0.2, -0.15) is 9.61 Å². The number of methoxy groups -OCH3 is 1.